The average molecular weight is 234 g/mol. The van der Waals surface area contributed by atoms with E-state index in [-0.39, 0.29) is 11.9 Å². The number of carbonyl (C=O) groups excluding carboxylic acids is 1. The molecule has 5 heteroatoms. The molecule has 2 rings (SSSR count). The molecule has 2 heterocycles. The van der Waals surface area contributed by atoms with Crippen LogP contribution in [0.3, 0.4) is 0 Å². The zero-order valence-corrected chi connectivity index (χ0v) is 10.1. The number of aromatic nitrogens is 2. The molecule has 1 aliphatic heterocycles. The Morgan fingerprint density at radius 1 is 1.59 bits per heavy atom. The highest BCUT2D eigenvalue weighted by molar-refractivity contribution is 5.83. The van der Waals surface area contributed by atoms with E-state index in [1.165, 1.54) is 0 Å². The van der Waals surface area contributed by atoms with E-state index in [1.807, 2.05) is 17.0 Å². The van der Waals surface area contributed by atoms with Crippen molar-refractivity contribution in [3.63, 3.8) is 0 Å². The summed E-state index contributed by atoms with van der Waals surface area (Å²) in [6.07, 6.45) is 3.58. The van der Waals surface area contributed by atoms with Crippen LogP contribution in [-0.4, -0.2) is 40.1 Å². The average Bonchev–Trinajstić information content (AvgIpc) is 2.70. The lowest BCUT2D eigenvalue weighted by Crippen LogP contribution is -2.38. The third-order valence-electron chi connectivity index (χ3n) is 2.92. The molecule has 17 heavy (non-hydrogen) atoms. The summed E-state index contributed by atoms with van der Waals surface area (Å²) in [7, 11) is 0. The van der Waals surface area contributed by atoms with Gasteiger partial charge in [0.15, 0.2) is 0 Å². The van der Waals surface area contributed by atoms with Gasteiger partial charge in [0.2, 0.25) is 5.91 Å². The molecular formula is C12H18N4O. The van der Waals surface area contributed by atoms with Gasteiger partial charge in [-0.1, -0.05) is 6.92 Å². The van der Waals surface area contributed by atoms with E-state index in [2.05, 4.69) is 22.4 Å². The summed E-state index contributed by atoms with van der Waals surface area (Å²) in [4.78, 5) is 13.9. The van der Waals surface area contributed by atoms with Crippen LogP contribution in [0.4, 0.5) is 0 Å². The summed E-state index contributed by atoms with van der Waals surface area (Å²) >= 11 is 0. The van der Waals surface area contributed by atoms with Crippen LogP contribution < -0.4 is 5.32 Å². The topological polar surface area (TPSA) is 58.1 Å². The Morgan fingerprint density at radius 3 is 3.18 bits per heavy atom. The first kappa shape index (κ1) is 12.0. The summed E-state index contributed by atoms with van der Waals surface area (Å²) in [6, 6.07) is 3.73. The van der Waals surface area contributed by atoms with Crippen molar-refractivity contribution >= 4 is 5.91 Å². The molecule has 5 nitrogen and oxygen atoms in total. The normalized spacial score (nSPS) is 19.9. The third-order valence-corrected chi connectivity index (χ3v) is 2.92. The fourth-order valence-corrected chi connectivity index (χ4v) is 2.02. The first-order valence-electron chi connectivity index (χ1n) is 6.10. The highest BCUT2D eigenvalue weighted by Crippen LogP contribution is 2.13. The number of hydrogen-bond donors (Lipinski definition) is 1. The third kappa shape index (κ3) is 3.00. The highest BCUT2D eigenvalue weighted by Gasteiger charge is 2.30. The van der Waals surface area contributed by atoms with Crippen LogP contribution in [0.2, 0.25) is 0 Å². The zero-order valence-electron chi connectivity index (χ0n) is 10.1. The molecule has 0 saturated carbocycles. The van der Waals surface area contributed by atoms with E-state index in [1.54, 1.807) is 6.20 Å². The SMILES string of the molecule is CCCNC1CCN(Cc2cccnn2)C1=O. The summed E-state index contributed by atoms with van der Waals surface area (Å²) in [6.45, 7) is 4.37. The Morgan fingerprint density at radius 2 is 2.47 bits per heavy atom. The first-order chi connectivity index (χ1) is 8.31. The fourth-order valence-electron chi connectivity index (χ4n) is 2.02. The van der Waals surface area contributed by atoms with Gasteiger partial charge in [-0.2, -0.15) is 10.2 Å². The molecule has 0 spiro atoms. The molecule has 1 aliphatic rings. The van der Waals surface area contributed by atoms with Gasteiger partial charge in [-0.05, 0) is 31.5 Å². The first-order valence-corrected chi connectivity index (χ1v) is 6.10. The molecule has 1 saturated heterocycles. The molecule has 1 amide bonds. The maximum Gasteiger partial charge on any atom is 0.240 e. The van der Waals surface area contributed by atoms with Crippen molar-refractivity contribution in [3.8, 4) is 0 Å². The Labute approximate surface area is 101 Å². The van der Waals surface area contributed by atoms with Gasteiger partial charge < -0.3 is 10.2 Å². The second-order valence-electron chi connectivity index (χ2n) is 4.27. The van der Waals surface area contributed by atoms with Gasteiger partial charge in [-0.3, -0.25) is 4.79 Å². The standard InChI is InChI=1S/C12H18N4O/c1-2-6-13-11-5-8-16(12(11)17)9-10-4-3-7-14-15-10/h3-4,7,11,13H,2,5-6,8-9H2,1H3. The number of nitrogens with one attached hydrogen (secondary N) is 1. The van der Waals surface area contributed by atoms with Crippen molar-refractivity contribution in [2.24, 2.45) is 0 Å². The summed E-state index contributed by atoms with van der Waals surface area (Å²) in [5, 5.41) is 11.1. The van der Waals surface area contributed by atoms with E-state index in [0.717, 1.165) is 31.6 Å². The number of nitrogens with zero attached hydrogens (tertiary/aromatic N) is 3. The number of amides is 1. The van der Waals surface area contributed by atoms with Crippen LogP contribution in [0.25, 0.3) is 0 Å². The molecule has 1 unspecified atom stereocenters. The maximum atomic E-state index is 12.0. The van der Waals surface area contributed by atoms with E-state index in [0.29, 0.717) is 6.54 Å². The van der Waals surface area contributed by atoms with Crippen LogP contribution in [0, 0.1) is 0 Å². The van der Waals surface area contributed by atoms with Crippen LogP contribution in [0.1, 0.15) is 25.5 Å². The molecule has 0 aromatic carbocycles. The van der Waals surface area contributed by atoms with Crippen molar-refractivity contribution in [3.05, 3.63) is 24.0 Å². The second kappa shape index (κ2) is 5.72. The van der Waals surface area contributed by atoms with Crippen molar-refractivity contribution in [1.29, 1.82) is 0 Å². The molecular weight excluding hydrogens is 216 g/mol. The molecule has 1 fully saturated rings. The molecule has 0 radical (unpaired) electrons. The van der Waals surface area contributed by atoms with Gasteiger partial charge in [-0.25, -0.2) is 0 Å². The van der Waals surface area contributed by atoms with Gasteiger partial charge in [0, 0.05) is 12.7 Å². The van der Waals surface area contributed by atoms with Crippen molar-refractivity contribution in [2.45, 2.75) is 32.4 Å². The van der Waals surface area contributed by atoms with Gasteiger partial charge in [-0.15, -0.1) is 0 Å². The zero-order chi connectivity index (χ0) is 12.1. The lowest BCUT2D eigenvalue weighted by molar-refractivity contribution is -0.129. The molecule has 1 aromatic rings. The monoisotopic (exact) mass is 234 g/mol. The highest BCUT2D eigenvalue weighted by atomic mass is 16.2. The summed E-state index contributed by atoms with van der Waals surface area (Å²) < 4.78 is 0. The smallest absolute Gasteiger partial charge is 0.240 e. The largest absolute Gasteiger partial charge is 0.335 e. The van der Waals surface area contributed by atoms with Crippen molar-refractivity contribution in [1.82, 2.24) is 20.4 Å². The van der Waals surface area contributed by atoms with Crippen LogP contribution in [0.5, 0.6) is 0 Å². The Balaban J connectivity index is 1.89. The predicted octanol–water partition coefficient (Wildman–Crippen LogP) is 0.577. The molecule has 1 atom stereocenters. The van der Waals surface area contributed by atoms with Gasteiger partial charge >= 0.3 is 0 Å². The van der Waals surface area contributed by atoms with Crippen LogP contribution in [0.15, 0.2) is 18.3 Å². The summed E-state index contributed by atoms with van der Waals surface area (Å²) in [5.74, 6) is 0.184. The van der Waals surface area contributed by atoms with Gasteiger partial charge in [0.25, 0.3) is 0 Å². The predicted molar refractivity (Wildman–Crippen MR) is 64.1 cm³/mol. The van der Waals surface area contributed by atoms with E-state index in [4.69, 9.17) is 0 Å². The minimum Gasteiger partial charge on any atom is -0.335 e. The Bertz CT molecular complexity index is 368. The van der Waals surface area contributed by atoms with Gasteiger partial charge in [0.1, 0.15) is 0 Å². The van der Waals surface area contributed by atoms with Gasteiger partial charge in [0.05, 0.1) is 18.3 Å². The minimum atomic E-state index is -0.00776. The number of carbonyl (C=O) groups is 1. The number of rotatable bonds is 5. The second-order valence-corrected chi connectivity index (χ2v) is 4.27. The van der Waals surface area contributed by atoms with Crippen LogP contribution in [-0.2, 0) is 11.3 Å². The maximum absolute atomic E-state index is 12.0. The fraction of sp³-hybridized carbons (Fsp3) is 0.583. The molecule has 1 N–H and O–H groups in total. The number of hydrogen-bond acceptors (Lipinski definition) is 4. The van der Waals surface area contributed by atoms with E-state index < -0.39 is 0 Å². The lowest BCUT2D eigenvalue weighted by Gasteiger charge is -2.16. The molecule has 0 bridgehead atoms. The molecule has 92 valence electrons. The van der Waals surface area contributed by atoms with Crippen molar-refractivity contribution < 1.29 is 4.79 Å². The Hall–Kier alpha value is -1.49. The number of likely N-dealkylation sites (tertiary alicyclic amines) is 1. The van der Waals surface area contributed by atoms with Crippen LogP contribution >= 0.6 is 0 Å². The van der Waals surface area contributed by atoms with E-state index >= 15 is 0 Å². The quantitative estimate of drug-likeness (QED) is 0.809. The Kier molecular flexibility index (Phi) is 4.03. The molecule has 0 aliphatic carbocycles. The lowest BCUT2D eigenvalue weighted by atomic mass is 10.2. The van der Waals surface area contributed by atoms with E-state index in [9.17, 15) is 4.79 Å². The molecule has 1 aromatic heterocycles. The summed E-state index contributed by atoms with van der Waals surface area (Å²) in [5.41, 5.74) is 0.844. The van der Waals surface area contributed by atoms with Crippen molar-refractivity contribution in [2.75, 3.05) is 13.1 Å². The minimum absolute atomic E-state index is 0.00776.